The molecule has 68 valence electrons. The van der Waals surface area contributed by atoms with E-state index in [1.54, 1.807) is 0 Å². The summed E-state index contributed by atoms with van der Waals surface area (Å²) in [6.45, 7) is 2.04. The topological polar surface area (TPSA) is 55.4 Å². The molecule has 0 saturated heterocycles. The molecule has 0 bridgehead atoms. The molecule has 0 radical (unpaired) electrons. The fraction of sp³-hybridized carbons (Fsp3) is 0.625. The molecule has 1 heterocycles. The average Bonchev–Trinajstić information content (AvgIpc) is 2.30. The quantitative estimate of drug-likeness (QED) is 0.738. The molecular formula is C8H13NO3. The van der Waals surface area contributed by atoms with Gasteiger partial charge < -0.3 is 9.52 Å². The van der Waals surface area contributed by atoms with Crippen LogP contribution in [0.5, 0.6) is 5.88 Å². The van der Waals surface area contributed by atoms with E-state index in [2.05, 4.69) is 0 Å². The summed E-state index contributed by atoms with van der Waals surface area (Å²) in [5, 5.41) is 9.31. The second kappa shape index (κ2) is 3.47. The van der Waals surface area contributed by atoms with Gasteiger partial charge in [0.05, 0.1) is 0 Å². The molecule has 0 aromatic carbocycles. The molecule has 0 atom stereocenters. The van der Waals surface area contributed by atoms with Crippen molar-refractivity contribution >= 4 is 0 Å². The average molecular weight is 171 g/mol. The molecule has 4 nitrogen and oxygen atoms in total. The van der Waals surface area contributed by atoms with Crippen molar-refractivity contribution in [2.24, 2.45) is 7.05 Å². The van der Waals surface area contributed by atoms with Gasteiger partial charge in [-0.1, -0.05) is 13.3 Å². The zero-order chi connectivity index (χ0) is 9.14. The Hall–Kier alpha value is -1.19. The van der Waals surface area contributed by atoms with Gasteiger partial charge in [0.25, 0.3) is 0 Å². The number of aryl methyl sites for hydroxylation is 1. The van der Waals surface area contributed by atoms with Crippen molar-refractivity contribution in [3.8, 4) is 5.88 Å². The lowest BCUT2D eigenvalue weighted by Crippen LogP contribution is -2.07. The molecule has 1 rings (SSSR count). The molecule has 4 heteroatoms. The number of nitrogens with zero attached hydrogens (tertiary/aromatic N) is 1. The first-order valence-corrected chi connectivity index (χ1v) is 4.04. The van der Waals surface area contributed by atoms with E-state index in [-0.39, 0.29) is 5.88 Å². The van der Waals surface area contributed by atoms with Crippen molar-refractivity contribution in [2.45, 2.75) is 26.2 Å². The van der Waals surface area contributed by atoms with Gasteiger partial charge >= 0.3 is 5.76 Å². The highest BCUT2D eigenvalue weighted by Crippen LogP contribution is 2.15. The van der Waals surface area contributed by atoms with Gasteiger partial charge in [0, 0.05) is 13.5 Å². The van der Waals surface area contributed by atoms with E-state index in [1.807, 2.05) is 6.92 Å². The second-order valence-electron chi connectivity index (χ2n) is 2.78. The Kier molecular flexibility index (Phi) is 2.58. The third kappa shape index (κ3) is 1.52. The summed E-state index contributed by atoms with van der Waals surface area (Å²) in [6.07, 6.45) is 2.55. The van der Waals surface area contributed by atoms with Gasteiger partial charge in [-0.15, -0.1) is 0 Å². The van der Waals surface area contributed by atoms with E-state index in [0.29, 0.717) is 12.2 Å². The molecule has 1 aromatic rings. The third-order valence-corrected chi connectivity index (χ3v) is 1.81. The Morgan fingerprint density at radius 1 is 1.58 bits per heavy atom. The molecule has 0 aliphatic heterocycles. The lowest BCUT2D eigenvalue weighted by atomic mass is 10.2. The maximum Gasteiger partial charge on any atom is 0.421 e. The molecule has 0 fully saturated rings. The van der Waals surface area contributed by atoms with Crippen LogP contribution < -0.4 is 5.76 Å². The predicted molar refractivity (Wildman–Crippen MR) is 44.2 cm³/mol. The van der Waals surface area contributed by atoms with Crippen LogP contribution >= 0.6 is 0 Å². The smallest absolute Gasteiger partial charge is 0.421 e. The van der Waals surface area contributed by atoms with Crippen LogP contribution in [0, 0.1) is 0 Å². The number of hydrogen-bond donors (Lipinski definition) is 1. The fourth-order valence-electron chi connectivity index (χ4n) is 0.993. The molecule has 0 amide bonds. The zero-order valence-corrected chi connectivity index (χ0v) is 7.33. The second-order valence-corrected chi connectivity index (χ2v) is 2.78. The van der Waals surface area contributed by atoms with Crippen molar-refractivity contribution in [1.82, 2.24) is 4.57 Å². The maximum atomic E-state index is 10.9. The Balaban J connectivity index is 2.86. The molecule has 0 aliphatic carbocycles. The van der Waals surface area contributed by atoms with E-state index in [4.69, 9.17) is 4.42 Å². The van der Waals surface area contributed by atoms with Crippen LogP contribution in [0.3, 0.4) is 0 Å². The molecule has 1 N–H and O–H groups in total. The van der Waals surface area contributed by atoms with Crippen molar-refractivity contribution in [3.63, 3.8) is 0 Å². The van der Waals surface area contributed by atoms with Crippen molar-refractivity contribution in [1.29, 1.82) is 0 Å². The normalized spacial score (nSPS) is 10.5. The van der Waals surface area contributed by atoms with Gasteiger partial charge in [0.1, 0.15) is 0 Å². The lowest BCUT2D eigenvalue weighted by molar-refractivity contribution is 0.412. The fourth-order valence-corrected chi connectivity index (χ4v) is 0.993. The van der Waals surface area contributed by atoms with Gasteiger partial charge in [-0.25, -0.2) is 9.36 Å². The van der Waals surface area contributed by atoms with E-state index < -0.39 is 5.76 Å². The van der Waals surface area contributed by atoms with Crippen LogP contribution in [0.1, 0.15) is 25.5 Å². The summed E-state index contributed by atoms with van der Waals surface area (Å²) in [5.41, 5.74) is 0. The van der Waals surface area contributed by atoms with Crippen LogP contribution in [-0.4, -0.2) is 9.67 Å². The van der Waals surface area contributed by atoms with E-state index in [1.165, 1.54) is 7.05 Å². The summed E-state index contributed by atoms with van der Waals surface area (Å²) in [6, 6.07) is 0. The summed E-state index contributed by atoms with van der Waals surface area (Å²) >= 11 is 0. The zero-order valence-electron chi connectivity index (χ0n) is 7.33. The van der Waals surface area contributed by atoms with Crippen LogP contribution in [0.15, 0.2) is 9.21 Å². The van der Waals surface area contributed by atoms with Gasteiger partial charge in [0.15, 0.2) is 5.76 Å². The minimum atomic E-state index is -0.501. The highest BCUT2D eigenvalue weighted by Gasteiger charge is 2.11. The van der Waals surface area contributed by atoms with E-state index >= 15 is 0 Å². The van der Waals surface area contributed by atoms with Crippen LogP contribution in [0.25, 0.3) is 0 Å². The highest BCUT2D eigenvalue weighted by molar-refractivity contribution is 5.14. The number of rotatable bonds is 3. The minimum Gasteiger partial charge on any atom is -0.492 e. The Morgan fingerprint density at radius 2 is 2.25 bits per heavy atom. The molecule has 0 spiro atoms. The van der Waals surface area contributed by atoms with Crippen LogP contribution in [0.2, 0.25) is 0 Å². The van der Waals surface area contributed by atoms with E-state index in [0.717, 1.165) is 17.4 Å². The molecule has 0 saturated carbocycles. The van der Waals surface area contributed by atoms with Crippen molar-refractivity contribution in [3.05, 3.63) is 16.3 Å². The molecular weight excluding hydrogens is 158 g/mol. The first-order valence-electron chi connectivity index (χ1n) is 4.04. The number of oxazole rings is 1. The maximum absolute atomic E-state index is 10.9. The number of unbranched alkanes of at least 4 members (excludes halogenated alkanes) is 1. The third-order valence-electron chi connectivity index (χ3n) is 1.81. The van der Waals surface area contributed by atoms with Gasteiger partial charge in [-0.05, 0) is 6.42 Å². The predicted octanol–water partition coefficient (Wildman–Crippen LogP) is 1.03. The SMILES string of the molecule is CCCCc1oc(=O)n(C)c1O. The molecule has 0 aliphatic rings. The van der Waals surface area contributed by atoms with Crippen LogP contribution in [-0.2, 0) is 13.5 Å². The summed E-state index contributed by atoms with van der Waals surface area (Å²) in [4.78, 5) is 10.9. The largest absolute Gasteiger partial charge is 0.492 e. The van der Waals surface area contributed by atoms with Crippen molar-refractivity contribution < 1.29 is 9.52 Å². The minimum absolute atomic E-state index is 0.0477. The summed E-state index contributed by atoms with van der Waals surface area (Å²) < 4.78 is 5.91. The first kappa shape index (κ1) is 8.90. The Morgan fingerprint density at radius 3 is 2.67 bits per heavy atom. The molecule has 0 unspecified atom stereocenters. The van der Waals surface area contributed by atoms with Crippen molar-refractivity contribution in [2.75, 3.05) is 0 Å². The molecule has 1 aromatic heterocycles. The van der Waals surface area contributed by atoms with Crippen LogP contribution in [0.4, 0.5) is 0 Å². The number of aromatic hydroxyl groups is 1. The molecule has 12 heavy (non-hydrogen) atoms. The number of aromatic nitrogens is 1. The summed E-state index contributed by atoms with van der Waals surface area (Å²) in [7, 11) is 1.48. The Bertz CT molecular complexity index is 311. The highest BCUT2D eigenvalue weighted by atomic mass is 16.4. The Labute approximate surface area is 70.4 Å². The first-order chi connectivity index (χ1) is 5.66. The van der Waals surface area contributed by atoms with E-state index in [9.17, 15) is 9.90 Å². The monoisotopic (exact) mass is 171 g/mol. The number of hydrogen-bond acceptors (Lipinski definition) is 3. The van der Waals surface area contributed by atoms with Gasteiger partial charge in [-0.2, -0.15) is 0 Å². The standard InChI is InChI=1S/C8H13NO3/c1-3-4-5-6-7(10)9(2)8(11)12-6/h10H,3-5H2,1-2H3. The lowest BCUT2D eigenvalue weighted by Gasteiger charge is -1.93. The summed E-state index contributed by atoms with van der Waals surface area (Å²) in [5.74, 6) is -0.156. The van der Waals surface area contributed by atoms with Gasteiger partial charge in [0.2, 0.25) is 5.88 Å². The van der Waals surface area contributed by atoms with Gasteiger partial charge in [-0.3, -0.25) is 0 Å².